The number of fused-ring (bicyclic) bond motifs is 1. The van der Waals surface area contributed by atoms with Gasteiger partial charge < -0.3 is 10.7 Å². The number of H-pyrrole nitrogens is 2. The van der Waals surface area contributed by atoms with Gasteiger partial charge in [-0.3, -0.25) is 5.10 Å². The maximum atomic E-state index is 5.60. The van der Waals surface area contributed by atoms with E-state index in [1.54, 1.807) is 0 Å². The fourth-order valence-electron chi connectivity index (χ4n) is 1.82. The Labute approximate surface area is 100.0 Å². The number of benzene rings is 1. The first-order valence-corrected chi connectivity index (χ1v) is 5.62. The Hall–Kier alpha value is -1.75. The van der Waals surface area contributed by atoms with Gasteiger partial charge in [-0.1, -0.05) is 18.2 Å². The van der Waals surface area contributed by atoms with E-state index in [1.807, 2.05) is 24.4 Å². The number of halogens is 1. The fraction of sp³-hybridized carbons (Fsp3) is 0. The highest BCUT2D eigenvalue weighted by Gasteiger charge is 2.09. The zero-order valence-corrected chi connectivity index (χ0v) is 9.88. The highest BCUT2D eigenvalue weighted by Crippen LogP contribution is 2.31. The molecule has 0 aliphatic carbocycles. The van der Waals surface area contributed by atoms with Crippen molar-refractivity contribution in [3.05, 3.63) is 34.9 Å². The van der Waals surface area contributed by atoms with Crippen molar-refractivity contribution in [1.29, 1.82) is 0 Å². The van der Waals surface area contributed by atoms with Crippen molar-refractivity contribution in [3.63, 3.8) is 0 Å². The smallest absolute Gasteiger partial charge is 0.145 e. The number of anilines is 1. The molecule has 0 radical (unpaired) electrons. The summed E-state index contributed by atoms with van der Waals surface area (Å²) in [6.07, 6.45) is 1.92. The number of aromatic nitrogens is 3. The largest absolute Gasteiger partial charge is 0.382 e. The lowest BCUT2D eigenvalue weighted by atomic mass is 10.1. The third-order valence-corrected chi connectivity index (χ3v) is 3.21. The van der Waals surface area contributed by atoms with Gasteiger partial charge >= 0.3 is 0 Å². The van der Waals surface area contributed by atoms with Gasteiger partial charge in [-0.15, -0.1) is 0 Å². The third kappa shape index (κ3) is 1.32. The first-order chi connectivity index (χ1) is 7.75. The topological polar surface area (TPSA) is 70.5 Å². The Balaban J connectivity index is 2.31. The second kappa shape index (κ2) is 3.38. The van der Waals surface area contributed by atoms with Crippen LogP contribution < -0.4 is 5.73 Å². The zero-order valence-electron chi connectivity index (χ0n) is 8.29. The predicted octanol–water partition coefficient (Wildman–Crippen LogP) is 2.90. The monoisotopic (exact) mass is 276 g/mol. The molecule has 4 nitrogen and oxygen atoms in total. The minimum Gasteiger partial charge on any atom is -0.382 e. The summed E-state index contributed by atoms with van der Waals surface area (Å²) >= 11 is 3.50. The van der Waals surface area contributed by atoms with E-state index in [4.69, 9.17) is 5.73 Å². The summed E-state index contributed by atoms with van der Waals surface area (Å²) in [5.74, 6) is 0.498. The normalized spacial score (nSPS) is 11.1. The summed E-state index contributed by atoms with van der Waals surface area (Å²) in [5.41, 5.74) is 8.65. The van der Waals surface area contributed by atoms with E-state index in [9.17, 15) is 0 Å². The Morgan fingerprint density at radius 2 is 2.19 bits per heavy atom. The molecule has 0 amide bonds. The molecule has 0 aliphatic rings. The minimum absolute atomic E-state index is 0.498. The average molecular weight is 277 g/mol. The molecule has 2 aromatic heterocycles. The Morgan fingerprint density at radius 3 is 2.94 bits per heavy atom. The predicted molar refractivity (Wildman–Crippen MR) is 68.0 cm³/mol. The molecular weight excluding hydrogens is 268 g/mol. The number of aromatic amines is 2. The van der Waals surface area contributed by atoms with E-state index >= 15 is 0 Å². The van der Waals surface area contributed by atoms with Crippen LogP contribution in [-0.2, 0) is 0 Å². The first kappa shape index (κ1) is 9.47. The molecule has 0 atom stereocenters. The van der Waals surface area contributed by atoms with Crippen LogP contribution in [0.3, 0.4) is 0 Å². The van der Waals surface area contributed by atoms with Gasteiger partial charge in [0.05, 0.1) is 11.2 Å². The Morgan fingerprint density at radius 1 is 1.31 bits per heavy atom. The van der Waals surface area contributed by atoms with Crippen LogP contribution in [0.15, 0.2) is 34.9 Å². The number of nitrogens with two attached hydrogens (primary N) is 1. The molecule has 2 heterocycles. The van der Waals surface area contributed by atoms with Gasteiger partial charge in [-0.2, -0.15) is 5.10 Å². The van der Waals surface area contributed by atoms with Crippen LogP contribution in [0.25, 0.3) is 22.2 Å². The van der Waals surface area contributed by atoms with Crippen LogP contribution in [0.5, 0.6) is 0 Å². The Bertz CT molecular complexity index is 653. The van der Waals surface area contributed by atoms with E-state index in [-0.39, 0.29) is 0 Å². The van der Waals surface area contributed by atoms with E-state index in [0.717, 1.165) is 26.6 Å². The molecule has 16 heavy (non-hydrogen) atoms. The molecule has 5 heteroatoms. The third-order valence-electron chi connectivity index (χ3n) is 2.55. The molecule has 0 aliphatic heterocycles. The van der Waals surface area contributed by atoms with E-state index in [2.05, 4.69) is 37.2 Å². The van der Waals surface area contributed by atoms with E-state index in [0.29, 0.717) is 5.82 Å². The van der Waals surface area contributed by atoms with E-state index in [1.165, 1.54) is 0 Å². The highest BCUT2D eigenvalue weighted by atomic mass is 79.9. The summed E-state index contributed by atoms with van der Waals surface area (Å²) in [7, 11) is 0. The first-order valence-electron chi connectivity index (χ1n) is 4.82. The molecule has 0 spiro atoms. The van der Waals surface area contributed by atoms with Crippen molar-refractivity contribution in [1.82, 2.24) is 15.2 Å². The lowest BCUT2D eigenvalue weighted by molar-refractivity contribution is 1.10. The van der Waals surface area contributed by atoms with Crippen LogP contribution in [0.2, 0.25) is 0 Å². The molecule has 0 saturated carbocycles. The molecule has 3 rings (SSSR count). The molecule has 80 valence electrons. The SMILES string of the molecule is Nc1cc(-c2cccc3c(Br)c[nH]c23)[nH]n1. The molecule has 0 unspecified atom stereocenters. The maximum Gasteiger partial charge on any atom is 0.145 e. The van der Waals surface area contributed by atoms with Gasteiger partial charge in [-0.05, 0) is 15.9 Å². The number of rotatable bonds is 1. The van der Waals surface area contributed by atoms with Crippen molar-refractivity contribution in [2.45, 2.75) is 0 Å². The molecule has 0 saturated heterocycles. The summed E-state index contributed by atoms with van der Waals surface area (Å²) in [5, 5.41) is 7.99. The lowest BCUT2D eigenvalue weighted by Crippen LogP contribution is -1.81. The number of nitrogens with zero attached hydrogens (tertiary/aromatic N) is 1. The van der Waals surface area contributed by atoms with Gasteiger partial charge in [0.25, 0.3) is 0 Å². The van der Waals surface area contributed by atoms with Gasteiger partial charge in [0.15, 0.2) is 0 Å². The number of hydrogen-bond acceptors (Lipinski definition) is 2. The van der Waals surface area contributed by atoms with Crippen LogP contribution in [-0.4, -0.2) is 15.2 Å². The second-order valence-electron chi connectivity index (χ2n) is 3.57. The quantitative estimate of drug-likeness (QED) is 0.640. The summed E-state index contributed by atoms with van der Waals surface area (Å²) in [6, 6.07) is 7.91. The molecule has 0 fully saturated rings. The summed E-state index contributed by atoms with van der Waals surface area (Å²) in [6.45, 7) is 0. The van der Waals surface area contributed by atoms with Crippen LogP contribution >= 0.6 is 15.9 Å². The van der Waals surface area contributed by atoms with Gasteiger partial charge in [0.2, 0.25) is 0 Å². The van der Waals surface area contributed by atoms with Crippen molar-refractivity contribution >= 4 is 32.7 Å². The van der Waals surface area contributed by atoms with Gasteiger partial charge in [0, 0.05) is 27.7 Å². The van der Waals surface area contributed by atoms with Gasteiger partial charge in [-0.25, -0.2) is 0 Å². The van der Waals surface area contributed by atoms with Gasteiger partial charge in [0.1, 0.15) is 5.82 Å². The molecule has 1 aromatic carbocycles. The Kier molecular flexibility index (Phi) is 2.00. The van der Waals surface area contributed by atoms with Crippen molar-refractivity contribution < 1.29 is 0 Å². The minimum atomic E-state index is 0.498. The number of nitrogen functional groups attached to an aromatic ring is 1. The molecule has 3 aromatic rings. The van der Waals surface area contributed by atoms with Crippen molar-refractivity contribution in [3.8, 4) is 11.3 Å². The average Bonchev–Trinajstić information content (AvgIpc) is 2.86. The molecular formula is C11H9BrN4. The number of nitrogens with one attached hydrogen (secondary N) is 2. The fourth-order valence-corrected chi connectivity index (χ4v) is 2.26. The lowest BCUT2D eigenvalue weighted by Gasteiger charge is -1.99. The highest BCUT2D eigenvalue weighted by molar-refractivity contribution is 9.10. The zero-order chi connectivity index (χ0) is 11.1. The summed E-state index contributed by atoms with van der Waals surface area (Å²) in [4.78, 5) is 3.23. The van der Waals surface area contributed by atoms with Crippen LogP contribution in [0.4, 0.5) is 5.82 Å². The number of para-hydroxylation sites is 1. The van der Waals surface area contributed by atoms with Crippen molar-refractivity contribution in [2.24, 2.45) is 0 Å². The number of hydrogen-bond donors (Lipinski definition) is 3. The van der Waals surface area contributed by atoms with Crippen LogP contribution in [0, 0.1) is 0 Å². The molecule has 0 bridgehead atoms. The molecule has 4 N–H and O–H groups in total. The standard InChI is InChI=1S/C11H9BrN4/c12-8-5-14-11-6(8)2-1-3-7(11)9-4-10(13)16-15-9/h1-5,14H,(H3,13,15,16). The van der Waals surface area contributed by atoms with Crippen LogP contribution in [0.1, 0.15) is 0 Å². The summed E-state index contributed by atoms with van der Waals surface area (Å²) < 4.78 is 1.05. The van der Waals surface area contributed by atoms with E-state index < -0.39 is 0 Å². The van der Waals surface area contributed by atoms with Crippen molar-refractivity contribution in [2.75, 3.05) is 5.73 Å². The maximum absolute atomic E-state index is 5.60. The second-order valence-corrected chi connectivity index (χ2v) is 4.43.